The lowest BCUT2D eigenvalue weighted by molar-refractivity contribution is -0.0786. The third-order valence-corrected chi connectivity index (χ3v) is 3.73. The van der Waals surface area contributed by atoms with E-state index in [-0.39, 0.29) is 24.6 Å². The Morgan fingerprint density at radius 2 is 1.91 bits per heavy atom. The second-order valence-electron chi connectivity index (χ2n) is 6.21. The van der Waals surface area contributed by atoms with Gasteiger partial charge in [0.1, 0.15) is 18.5 Å². The van der Waals surface area contributed by atoms with Crippen LogP contribution in [0.2, 0.25) is 0 Å². The first-order chi connectivity index (χ1) is 9.94. The molecular weight excluding hydrogens is 302 g/mol. The summed E-state index contributed by atoms with van der Waals surface area (Å²) in [4.78, 5) is 2.24. The molecular formula is C17H28ClNO3. The van der Waals surface area contributed by atoms with Gasteiger partial charge in [0.25, 0.3) is 0 Å². The van der Waals surface area contributed by atoms with Gasteiger partial charge in [0.15, 0.2) is 0 Å². The molecule has 0 radical (unpaired) electrons. The van der Waals surface area contributed by atoms with Crippen LogP contribution in [0.1, 0.15) is 25.0 Å². The van der Waals surface area contributed by atoms with E-state index >= 15 is 0 Å². The molecule has 1 aromatic rings. The summed E-state index contributed by atoms with van der Waals surface area (Å²) in [5.41, 5.74) is 2.33. The molecule has 0 saturated carbocycles. The molecule has 0 aromatic heterocycles. The van der Waals surface area contributed by atoms with Crippen molar-refractivity contribution in [3.05, 3.63) is 29.3 Å². The Hall–Kier alpha value is -0.810. The minimum atomic E-state index is -0.483. The SMILES string of the molecule is Cc1ccc(OCC(O)CN2CC(C)OC(C)C2)c(C)c1.Cl. The average molecular weight is 330 g/mol. The molecule has 0 aliphatic carbocycles. The Morgan fingerprint density at radius 3 is 2.50 bits per heavy atom. The van der Waals surface area contributed by atoms with E-state index in [0.717, 1.165) is 24.4 Å². The number of aliphatic hydroxyl groups excluding tert-OH is 1. The lowest BCUT2D eigenvalue weighted by atomic mass is 10.1. The van der Waals surface area contributed by atoms with Gasteiger partial charge in [-0.3, -0.25) is 4.90 Å². The minimum Gasteiger partial charge on any atom is -0.491 e. The molecule has 126 valence electrons. The number of halogens is 1. The molecule has 1 aromatic carbocycles. The first-order valence-corrected chi connectivity index (χ1v) is 7.70. The van der Waals surface area contributed by atoms with Crippen LogP contribution < -0.4 is 4.74 Å². The smallest absolute Gasteiger partial charge is 0.122 e. The molecule has 1 saturated heterocycles. The summed E-state index contributed by atoms with van der Waals surface area (Å²) in [6.07, 6.45) is -0.0365. The highest BCUT2D eigenvalue weighted by atomic mass is 35.5. The molecule has 0 amide bonds. The zero-order chi connectivity index (χ0) is 15.4. The van der Waals surface area contributed by atoms with Crippen molar-refractivity contribution in [1.29, 1.82) is 0 Å². The lowest BCUT2D eigenvalue weighted by Gasteiger charge is -2.36. The highest BCUT2D eigenvalue weighted by Crippen LogP contribution is 2.19. The van der Waals surface area contributed by atoms with Crippen LogP contribution in [-0.4, -0.2) is 54.6 Å². The van der Waals surface area contributed by atoms with Gasteiger partial charge in [-0.05, 0) is 39.3 Å². The molecule has 22 heavy (non-hydrogen) atoms. The first-order valence-electron chi connectivity index (χ1n) is 7.70. The molecule has 3 unspecified atom stereocenters. The van der Waals surface area contributed by atoms with Gasteiger partial charge >= 0.3 is 0 Å². The lowest BCUT2D eigenvalue weighted by Crippen LogP contribution is -2.48. The van der Waals surface area contributed by atoms with Gasteiger partial charge in [-0.25, -0.2) is 0 Å². The summed E-state index contributed by atoms with van der Waals surface area (Å²) < 4.78 is 11.4. The fraction of sp³-hybridized carbons (Fsp3) is 0.647. The summed E-state index contributed by atoms with van der Waals surface area (Å²) in [5, 5.41) is 10.2. The van der Waals surface area contributed by atoms with Gasteiger partial charge in [0, 0.05) is 19.6 Å². The van der Waals surface area contributed by atoms with Crippen LogP contribution >= 0.6 is 12.4 Å². The summed E-state index contributed by atoms with van der Waals surface area (Å²) in [5.74, 6) is 0.850. The molecule has 3 atom stereocenters. The molecule has 1 aliphatic heterocycles. The van der Waals surface area contributed by atoms with Crippen molar-refractivity contribution in [2.75, 3.05) is 26.2 Å². The van der Waals surface area contributed by atoms with Crippen molar-refractivity contribution >= 4 is 12.4 Å². The van der Waals surface area contributed by atoms with E-state index in [1.165, 1.54) is 5.56 Å². The number of hydrogen-bond acceptors (Lipinski definition) is 4. The summed E-state index contributed by atoms with van der Waals surface area (Å²) in [7, 11) is 0. The molecule has 5 heteroatoms. The van der Waals surface area contributed by atoms with Crippen molar-refractivity contribution in [2.45, 2.75) is 46.0 Å². The molecule has 1 N–H and O–H groups in total. The van der Waals surface area contributed by atoms with Gasteiger partial charge in [0.2, 0.25) is 0 Å². The fourth-order valence-corrected chi connectivity index (χ4v) is 2.93. The number of aryl methyl sites for hydroxylation is 2. The van der Waals surface area contributed by atoms with Gasteiger partial charge in [0.05, 0.1) is 12.2 Å². The van der Waals surface area contributed by atoms with Crippen molar-refractivity contribution < 1.29 is 14.6 Å². The highest BCUT2D eigenvalue weighted by molar-refractivity contribution is 5.85. The molecule has 1 heterocycles. The number of rotatable bonds is 5. The van der Waals surface area contributed by atoms with Gasteiger partial charge < -0.3 is 14.6 Å². The maximum atomic E-state index is 10.2. The minimum absolute atomic E-state index is 0. The van der Waals surface area contributed by atoms with E-state index in [0.29, 0.717) is 13.2 Å². The topological polar surface area (TPSA) is 41.9 Å². The Balaban J connectivity index is 0.00000242. The third kappa shape index (κ3) is 5.76. The first kappa shape index (κ1) is 19.2. The predicted molar refractivity (Wildman–Crippen MR) is 91.1 cm³/mol. The van der Waals surface area contributed by atoms with E-state index in [4.69, 9.17) is 9.47 Å². The largest absolute Gasteiger partial charge is 0.491 e. The molecule has 0 spiro atoms. The zero-order valence-corrected chi connectivity index (χ0v) is 14.7. The summed E-state index contributed by atoms with van der Waals surface area (Å²) >= 11 is 0. The van der Waals surface area contributed by atoms with E-state index in [9.17, 15) is 5.11 Å². The fourth-order valence-electron chi connectivity index (χ4n) is 2.93. The van der Waals surface area contributed by atoms with Crippen LogP contribution in [-0.2, 0) is 4.74 Å². The second-order valence-corrected chi connectivity index (χ2v) is 6.21. The maximum absolute atomic E-state index is 10.2. The summed E-state index contributed by atoms with van der Waals surface area (Å²) in [6, 6.07) is 6.09. The number of aliphatic hydroxyl groups is 1. The third-order valence-electron chi connectivity index (χ3n) is 3.73. The zero-order valence-electron chi connectivity index (χ0n) is 13.9. The molecule has 1 fully saturated rings. The predicted octanol–water partition coefficient (Wildman–Crippen LogP) is 2.57. The number of benzene rings is 1. The Morgan fingerprint density at radius 1 is 1.27 bits per heavy atom. The van der Waals surface area contributed by atoms with E-state index < -0.39 is 6.10 Å². The normalized spacial score (nSPS) is 23.7. The molecule has 4 nitrogen and oxygen atoms in total. The van der Waals surface area contributed by atoms with Crippen molar-refractivity contribution in [3.63, 3.8) is 0 Å². The van der Waals surface area contributed by atoms with Gasteiger partial charge in [-0.1, -0.05) is 17.7 Å². The van der Waals surface area contributed by atoms with Gasteiger partial charge in [-0.2, -0.15) is 0 Å². The van der Waals surface area contributed by atoms with Crippen molar-refractivity contribution in [2.24, 2.45) is 0 Å². The van der Waals surface area contributed by atoms with E-state index in [2.05, 4.69) is 31.7 Å². The molecule has 2 rings (SSSR count). The quantitative estimate of drug-likeness (QED) is 0.901. The number of β-amino-alcohol motifs (C(OH)–C–C–N with tert-alkyl or cyclic N) is 1. The van der Waals surface area contributed by atoms with Crippen LogP contribution in [0.4, 0.5) is 0 Å². The Kier molecular flexibility index (Phi) is 7.63. The summed E-state index contributed by atoms with van der Waals surface area (Å²) in [6.45, 7) is 10.9. The van der Waals surface area contributed by atoms with Gasteiger partial charge in [-0.15, -0.1) is 12.4 Å². The number of ether oxygens (including phenoxy) is 2. The van der Waals surface area contributed by atoms with Crippen molar-refractivity contribution in [1.82, 2.24) is 4.90 Å². The van der Waals surface area contributed by atoms with Crippen LogP contribution in [0.25, 0.3) is 0 Å². The monoisotopic (exact) mass is 329 g/mol. The van der Waals surface area contributed by atoms with Crippen LogP contribution in [0.3, 0.4) is 0 Å². The number of nitrogens with zero attached hydrogens (tertiary/aromatic N) is 1. The standard InChI is InChI=1S/C17H27NO3.ClH/c1-12-5-6-17(13(2)7-12)20-11-16(19)10-18-8-14(3)21-15(4)9-18;/h5-7,14-16,19H,8-11H2,1-4H3;1H. The molecule has 0 bridgehead atoms. The van der Waals surface area contributed by atoms with Crippen LogP contribution in [0.5, 0.6) is 5.75 Å². The van der Waals surface area contributed by atoms with E-state index in [1.807, 2.05) is 19.1 Å². The second kappa shape index (κ2) is 8.73. The maximum Gasteiger partial charge on any atom is 0.122 e. The van der Waals surface area contributed by atoms with Crippen LogP contribution in [0, 0.1) is 13.8 Å². The Labute approximate surface area is 139 Å². The van der Waals surface area contributed by atoms with Crippen molar-refractivity contribution in [3.8, 4) is 5.75 Å². The Bertz CT molecular complexity index is 459. The highest BCUT2D eigenvalue weighted by Gasteiger charge is 2.23. The molecule has 1 aliphatic rings. The number of morpholine rings is 1. The van der Waals surface area contributed by atoms with Crippen LogP contribution in [0.15, 0.2) is 18.2 Å². The van der Waals surface area contributed by atoms with E-state index in [1.54, 1.807) is 0 Å². The average Bonchev–Trinajstić information content (AvgIpc) is 2.36. The number of hydrogen-bond donors (Lipinski definition) is 1.